The molecule has 2 N–H and O–H groups in total. The molecule has 0 fully saturated rings. The van der Waals surface area contributed by atoms with Crippen molar-refractivity contribution in [1.29, 1.82) is 0 Å². The van der Waals surface area contributed by atoms with Gasteiger partial charge in [-0.15, -0.1) is 5.10 Å². The van der Waals surface area contributed by atoms with E-state index < -0.39 is 0 Å². The molecule has 0 saturated carbocycles. The van der Waals surface area contributed by atoms with E-state index in [4.69, 9.17) is 0 Å². The molecule has 0 spiro atoms. The van der Waals surface area contributed by atoms with Gasteiger partial charge < -0.3 is 10.6 Å². The van der Waals surface area contributed by atoms with Crippen LogP contribution < -0.4 is 10.6 Å². The third-order valence-corrected chi connectivity index (χ3v) is 3.54. The quantitative estimate of drug-likeness (QED) is 0.758. The van der Waals surface area contributed by atoms with Gasteiger partial charge in [-0.25, -0.2) is 0 Å². The molecular formula is C16H13N5O. The summed E-state index contributed by atoms with van der Waals surface area (Å²) in [7, 11) is 0. The topological polar surface area (TPSA) is 71.8 Å². The van der Waals surface area contributed by atoms with Crippen LogP contribution in [0.1, 0.15) is 22.2 Å². The number of rotatable bonds is 2. The van der Waals surface area contributed by atoms with Gasteiger partial charge in [0.25, 0.3) is 5.91 Å². The SMILES string of the molecule is O=C1N[C@@H](c2cnn(-c3ccccc3)n2)Nc2ccccc21. The fourth-order valence-corrected chi connectivity index (χ4v) is 2.45. The molecule has 1 atom stereocenters. The third kappa shape index (κ3) is 2.10. The minimum absolute atomic E-state index is 0.117. The Morgan fingerprint density at radius 1 is 0.955 bits per heavy atom. The van der Waals surface area contributed by atoms with Gasteiger partial charge in [-0.1, -0.05) is 30.3 Å². The zero-order valence-corrected chi connectivity index (χ0v) is 11.6. The first-order valence-electron chi connectivity index (χ1n) is 6.95. The Morgan fingerprint density at radius 3 is 2.59 bits per heavy atom. The van der Waals surface area contributed by atoms with E-state index in [1.165, 1.54) is 0 Å². The molecule has 1 aliphatic heterocycles. The van der Waals surface area contributed by atoms with Gasteiger partial charge in [0.1, 0.15) is 11.9 Å². The monoisotopic (exact) mass is 291 g/mol. The maximum atomic E-state index is 12.1. The Balaban J connectivity index is 1.64. The van der Waals surface area contributed by atoms with Crippen LogP contribution in [0.5, 0.6) is 0 Å². The highest BCUT2D eigenvalue weighted by Gasteiger charge is 2.26. The van der Waals surface area contributed by atoms with Crippen molar-refractivity contribution >= 4 is 11.6 Å². The van der Waals surface area contributed by atoms with Gasteiger partial charge in [-0.05, 0) is 24.3 Å². The summed E-state index contributed by atoms with van der Waals surface area (Å²) in [5, 5.41) is 14.8. The molecule has 0 saturated heterocycles. The molecule has 0 aliphatic carbocycles. The van der Waals surface area contributed by atoms with E-state index in [1.54, 1.807) is 17.1 Å². The summed E-state index contributed by atoms with van der Waals surface area (Å²) in [6, 6.07) is 17.0. The molecule has 2 heterocycles. The standard InChI is InChI=1S/C16H13N5O/c22-16-12-8-4-5-9-13(12)18-15(19-16)14-10-17-21(20-14)11-6-2-1-3-7-11/h1-10,15,18H,(H,19,22)/t15-/m0/s1. The zero-order chi connectivity index (χ0) is 14.9. The van der Waals surface area contributed by atoms with Crippen LogP contribution in [0.4, 0.5) is 5.69 Å². The van der Waals surface area contributed by atoms with Crippen molar-refractivity contribution in [2.45, 2.75) is 6.17 Å². The lowest BCUT2D eigenvalue weighted by Crippen LogP contribution is -2.38. The van der Waals surface area contributed by atoms with Crippen molar-refractivity contribution in [2.75, 3.05) is 5.32 Å². The first kappa shape index (κ1) is 12.6. The van der Waals surface area contributed by atoms with E-state index in [2.05, 4.69) is 20.8 Å². The van der Waals surface area contributed by atoms with Crippen molar-refractivity contribution in [2.24, 2.45) is 0 Å². The van der Waals surface area contributed by atoms with Gasteiger partial charge >= 0.3 is 0 Å². The second-order valence-corrected chi connectivity index (χ2v) is 4.99. The number of benzene rings is 2. The molecule has 1 aromatic heterocycles. The largest absolute Gasteiger partial charge is 0.360 e. The van der Waals surface area contributed by atoms with Gasteiger partial charge in [-0.2, -0.15) is 9.90 Å². The van der Waals surface area contributed by atoms with E-state index in [0.29, 0.717) is 11.3 Å². The predicted molar refractivity (Wildman–Crippen MR) is 81.6 cm³/mol. The van der Waals surface area contributed by atoms with Crippen LogP contribution in [0.2, 0.25) is 0 Å². The van der Waals surface area contributed by atoms with Crippen LogP contribution in [0.25, 0.3) is 5.69 Å². The minimum Gasteiger partial charge on any atom is -0.360 e. The summed E-state index contributed by atoms with van der Waals surface area (Å²) < 4.78 is 0. The Kier molecular flexibility index (Phi) is 2.86. The number of hydrogen-bond donors (Lipinski definition) is 2. The Labute approximate surface area is 126 Å². The lowest BCUT2D eigenvalue weighted by atomic mass is 10.1. The molecule has 6 nitrogen and oxygen atoms in total. The number of fused-ring (bicyclic) bond motifs is 1. The number of hydrogen-bond acceptors (Lipinski definition) is 4. The van der Waals surface area contributed by atoms with Crippen molar-refractivity contribution in [3.63, 3.8) is 0 Å². The van der Waals surface area contributed by atoms with Crippen LogP contribution in [-0.4, -0.2) is 20.9 Å². The second-order valence-electron chi connectivity index (χ2n) is 4.99. The first-order chi connectivity index (χ1) is 10.8. The summed E-state index contributed by atoms with van der Waals surface area (Å²) in [5.74, 6) is -0.117. The van der Waals surface area contributed by atoms with E-state index >= 15 is 0 Å². The van der Waals surface area contributed by atoms with Crippen molar-refractivity contribution in [3.05, 3.63) is 72.1 Å². The van der Waals surface area contributed by atoms with Gasteiger partial charge in [0.05, 0.1) is 17.4 Å². The lowest BCUT2D eigenvalue weighted by molar-refractivity contribution is 0.0935. The van der Waals surface area contributed by atoms with Crippen LogP contribution >= 0.6 is 0 Å². The average Bonchev–Trinajstić information content (AvgIpc) is 3.06. The molecule has 3 aromatic rings. The summed E-state index contributed by atoms with van der Waals surface area (Å²) in [4.78, 5) is 13.7. The maximum absolute atomic E-state index is 12.1. The number of aromatic nitrogens is 3. The highest BCUT2D eigenvalue weighted by atomic mass is 16.2. The van der Waals surface area contributed by atoms with E-state index in [0.717, 1.165) is 11.4 Å². The molecule has 0 radical (unpaired) electrons. The van der Waals surface area contributed by atoms with Gasteiger partial charge in [0.2, 0.25) is 0 Å². The van der Waals surface area contributed by atoms with Crippen molar-refractivity contribution in [1.82, 2.24) is 20.3 Å². The second kappa shape index (κ2) is 5.00. The molecule has 4 rings (SSSR count). The number of nitrogens with zero attached hydrogens (tertiary/aromatic N) is 3. The number of carbonyl (C=O) groups excluding carboxylic acids is 1. The third-order valence-electron chi connectivity index (χ3n) is 3.54. The highest BCUT2D eigenvalue weighted by Crippen LogP contribution is 2.25. The van der Waals surface area contributed by atoms with Gasteiger partial charge in [-0.3, -0.25) is 4.79 Å². The van der Waals surface area contributed by atoms with Crippen LogP contribution in [0.15, 0.2) is 60.8 Å². The molecule has 6 heteroatoms. The Bertz CT molecular complexity index is 827. The van der Waals surface area contributed by atoms with E-state index in [9.17, 15) is 4.79 Å². The lowest BCUT2D eigenvalue weighted by Gasteiger charge is -2.26. The fourth-order valence-electron chi connectivity index (χ4n) is 2.45. The Hall–Kier alpha value is -3.15. The molecular weight excluding hydrogens is 278 g/mol. The van der Waals surface area contributed by atoms with Crippen LogP contribution in [0.3, 0.4) is 0 Å². The summed E-state index contributed by atoms with van der Waals surface area (Å²) in [6.45, 7) is 0. The minimum atomic E-state index is -0.389. The number of nitrogens with one attached hydrogen (secondary N) is 2. The number of para-hydroxylation sites is 2. The van der Waals surface area contributed by atoms with Crippen molar-refractivity contribution < 1.29 is 4.79 Å². The molecule has 22 heavy (non-hydrogen) atoms. The molecule has 0 unspecified atom stereocenters. The normalized spacial score (nSPS) is 16.5. The Morgan fingerprint density at radius 2 is 1.73 bits per heavy atom. The summed E-state index contributed by atoms with van der Waals surface area (Å²) in [5.41, 5.74) is 2.96. The maximum Gasteiger partial charge on any atom is 0.255 e. The zero-order valence-electron chi connectivity index (χ0n) is 11.6. The molecule has 2 aromatic carbocycles. The summed E-state index contributed by atoms with van der Waals surface area (Å²) >= 11 is 0. The van der Waals surface area contributed by atoms with Crippen LogP contribution in [-0.2, 0) is 0 Å². The number of amides is 1. The average molecular weight is 291 g/mol. The number of carbonyl (C=O) groups is 1. The van der Waals surface area contributed by atoms with Gasteiger partial charge in [0.15, 0.2) is 0 Å². The van der Waals surface area contributed by atoms with Gasteiger partial charge in [0, 0.05) is 5.69 Å². The molecule has 1 amide bonds. The number of anilines is 1. The highest BCUT2D eigenvalue weighted by molar-refractivity contribution is 6.01. The summed E-state index contributed by atoms with van der Waals surface area (Å²) in [6.07, 6.45) is 1.26. The molecule has 0 bridgehead atoms. The van der Waals surface area contributed by atoms with Crippen LogP contribution in [0, 0.1) is 0 Å². The first-order valence-corrected chi connectivity index (χ1v) is 6.95. The molecule has 108 valence electrons. The predicted octanol–water partition coefficient (Wildman–Crippen LogP) is 2.12. The smallest absolute Gasteiger partial charge is 0.255 e. The van der Waals surface area contributed by atoms with E-state index in [1.807, 2.05) is 48.5 Å². The molecule has 1 aliphatic rings. The van der Waals surface area contributed by atoms with E-state index in [-0.39, 0.29) is 12.1 Å². The fraction of sp³-hybridized carbons (Fsp3) is 0.0625. The van der Waals surface area contributed by atoms with Crippen molar-refractivity contribution in [3.8, 4) is 5.69 Å².